The van der Waals surface area contributed by atoms with Crippen LogP contribution in [0.15, 0.2) is 0 Å². The van der Waals surface area contributed by atoms with E-state index in [1.54, 1.807) is 32.4 Å². The van der Waals surface area contributed by atoms with E-state index in [1.807, 2.05) is 0 Å². The molecule has 0 saturated heterocycles. The van der Waals surface area contributed by atoms with Crippen LogP contribution in [-0.2, 0) is 16.4 Å². The van der Waals surface area contributed by atoms with Crippen LogP contribution in [0.3, 0.4) is 0 Å². The number of aryl methyl sites for hydroxylation is 2. The Balaban J connectivity index is 2.88. The molecule has 17 heavy (non-hydrogen) atoms. The number of nitrogens with zero attached hydrogens (tertiary/aromatic N) is 2. The Kier molecular flexibility index (Phi) is 4.08. The average molecular weight is 258 g/mol. The molecule has 0 aliphatic heterocycles. The van der Waals surface area contributed by atoms with E-state index in [9.17, 15) is 13.2 Å². The van der Waals surface area contributed by atoms with Crippen molar-refractivity contribution >= 4 is 16.1 Å². The summed E-state index contributed by atoms with van der Waals surface area (Å²) in [6, 6.07) is 0. The maximum absolute atomic E-state index is 11.7. The van der Waals surface area contributed by atoms with Gasteiger partial charge >= 0.3 is 0 Å². The predicted molar refractivity (Wildman–Crippen MR) is 66.0 cm³/mol. The summed E-state index contributed by atoms with van der Waals surface area (Å²) in [7, 11) is -3.07. The second-order valence-electron chi connectivity index (χ2n) is 4.34. The van der Waals surface area contributed by atoms with Crippen LogP contribution in [-0.4, -0.2) is 35.5 Å². The highest BCUT2D eigenvalue weighted by Crippen LogP contribution is 2.11. The lowest BCUT2D eigenvalue weighted by Gasteiger charge is -2.08. The molecule has 0 N–H and O–H groups in total. The van der Waals surface area contributed by atoms with Crippen molar-refractivity contribution in [3.05, 3.63) is 17.0 Å². The molecule has 1 aromatic rings. The predicted octanol–water partition coefficient (Wildman–Crippen LogP) is 1.14. The molecular formula is C11H18N2O3S. The van der Waals surface area contributed by atoms with Gasteiger partial charge in [-0.3, -0.25) is 9.48 Å². The van der Waals surface area contributed by atoms with E-state index in [-0.39, 0.29) is 11.0 Å². The van der Waals surface area contributed by atoms with Crippen molar-refractivity contribution in [2.45, 2.75) is 39.5 Å². The van der Waals surface area contributed by atoms with Crippen molar-refractivity contribution in [1.82, 2.24) is 9.78 Å². The molecule has 1 heterocycles. The molecule has 0 aliphatic carbocycles. The summed E-state index contributed by atoms with van der Waals surface area (Å²) in [5, 5.41) is 3.78. The summed E-state index contributed by atoms with van der Waals surface area (Å²) in [4.78, 5) is 10.8. The van der Waals surface area contributed by atoms with Gasteiger partial charge in [0, 0.05) is 5.69 Å². The molecule has 0 aliphatic rings. The topological polar surface area (TPSA) is 69.0 Å². The summed E-state index contributed by atoms with van der Waals surface area (Å²) in [5.74, 6) is 0.0466. The molecule has 96 valence electrons. The summed E-state index contributed by atoms with van der Waals surface area (Å²) >= 11 is 0. The average Bonchev–Trinajstić information content (AvgIpc) is 2.50. The summed E-state index contributed by atoms with van der Waals surface area (Å²) in [5.41, 5.74) is 1.91. The molecule has 0 bridgehead atoms. The van der Waals surface area contributed by atoms with Crippen molar-refractivity contribution in [3.8, 4) is 0 Å². The molecule has 0 atom stereocenters. The quantitative estimate of drug-likeness (QED) is 0.743. The van der Waals surface area contributed by atoms with Crippen molar-refractivity contribution in [1.29, 1.82) is 0 Å². The first-order chi connectivity index (χ1) is 7.79. The van der Waals surface area contributed by atoms with Gasteiger partial charge in [-0.2, -0.15) is 5.10 Å². The van der Waals surface area contributed by atoms with Gasteiger partial charge in [0.05, 0.1) is 28.8 Å². The zero-order valence-electron chi connectivity index (χ0n) is 10.6. The lowest BCUT2D eigenvalue weighted by Crippen LogP contribution is -2.22. The largest absolute Gasteiger partial charge is 0.298 e. The summed E-state index contributed by atoms with van der Waals surface area (Å²) < 4.78 is 24.9. The Bertz CT molecular complexity index is 515. The van der Waals surface area contributed by atoms with Gasteiger partial charge in [0.2, 0.25) is 0 Å². The Hall–Kier alpha value is -1.17. The van der Waals surface area contributed by atoms with Gasteiger partial charge in [-0.1, -0.05) is 0 Å². The monoisotopic (exact) mass is 258 g/mol. The van der Waals surface area contributed by atoms with Crippen molar-refractivity contribution in [2.75, 3.05) is 5.75 Å². The van der Waals surface area contributed by atoms with Gasteiger partial charge in [0.25, 0.3) is 0 Å². The van der Waals surface area contributed by atoms with E-state index in [4.69, 9.17) is 0 Å². The molecule has 0 amide bonds. The van der Waals surface area contributed by atoms with Crippen LogP contribution < -0.4 is 0 Å². The normalized spacial score (nSPS) is 12.1. The molecular weight excluding hydrogens is 240 g/mol. The third-order valence-corrected chi connectivity index (χ3v) is 5.05. The second kappa shape index (κ2) is 5.00. The molecule has 0 fully saturated rings. The summed E-state index contributed by atoms with van der Waals surface area (Å²) in [6.45, 7) is 7.12. The zero-order chi connectivity index (χ0) is 13.2. The van der Waals surface area contributed by atoms with Crippen molar-refractivity contribution < 1.29 is 13.2 Å². The third kappa shape index (κ3) is 2.94. The van der Waals surface area contributed by atoms with Crippen LogP contribution in [0, 0.1) is 13.8 Å². The van der Waals surface area contributed by atoms with Gasteiger partial charge in [-0.05, 0) is 27.7 Å². The van der Waals surface area contributed by atoms with Crippen molar-refractivity contribution in [3.63, 3.8) is 0 Å². The maximum atomic E-state index is 11.7. The van der Waals surface area contributed by atoms with E-state index >= 15 is 0 Å². The minimum atomic E-state index is -3.07. The molecule has 5 nitrogen and oxygen atoms in total. The first-order valence-electron chi connectivity index (χ1n) is 5.50. The van der Waals surface area contributed by atoms with Gasteiger partial charge in [-0.25, -0.2) is 8.42 Å². The zero-order valence-corrected chi connectivity index (χ0v) is 11.4. The minimum Gasteiger partial charge on any atom is -0.298 e. The summed E-state index contributed by atoms with van der Waals surface area (Å²) in [6.07, 6.45) is 0.755. The minimum absolute atomic E-state index is 0.0466. The molecule has 0 saturated carbocycles. The smallest absolute Gasteiger partial charge is 0.154 e. The van der Waals surface area contributed by atoms with Crippen LogP contribution in [0.2, 0.25) is 0 Å². The fourth-order valence-corrected chi connectivity index (χ4v) is 2.45. The van der Waals surface area contributed by atoms with Crippen LogP contribution in [0.5, 0.6) is 0 Å². The number of carbonyl (C=O) groups is 1. The number of hydrogen-bond acceptors (Lipinski definition) is 4. The Morgan fingerprint density at radius 2 is 1.94 bits per heavy atom. The van der Waals surface area contributed by atoms with Gasteiger partial charge in [0.15, 0.2) is 16.1 Å². The highest BCUT2D eigenvalue weighted by molar-refractivity contribution is 7.91. The van der Waals surface area contributed by atoms with Gasteiger partial charge in [-0.15, -0.1) is 0 Å². The molecule has 6 heteroatoms. The molecule has 0 aromatic carbocycles. The Morgan fingerprint density at radius 3 is 2.35 bits per heavy atom. The van der Waals surface area contributed by atoms with Gasteiger partial charge in [0.1, 0.15) is 0 Å². The fourth-order valence-electron chi connectivity index (χ4n) is 1.55. The molecule has 0 spiro atoms. The number of sulfone groups is 1. The molecule has 1 aromatic heterocycles. The van der Waals surface area contributed by atoms with Gasteiger partial charge < -0.3 is 0 Å². The Morgan fingerprint density at radius 1 is 1.35 bits per heavy atom. The second-order valence-corrected chi connectivity index (χ2v) is 7.02. The van der Waals surface area contributed by atoms with E-state index < -0.39 is 9.84 Å². The standard InChI is InChI=1S/C11H18N2O3S/c1-8(2)17(15,16)6-5-13-10(4)11(7-14)9(3)12-13/h7-8H,5-6H2,1-4H3. The molecule has 0 radical (unpaired) electrons. The van der Waals surface area contributed by atoms with E-state index in [1.165, 1.54) is 0 Å². The van der Waals surface area contributed by atoms with E-state index in [0.29, 0.717) is 17.8 Å². The van der Waals surface area contributed by atoms with Crippen molar-refractivity contribution in [2.24, 2.45) is 0 Å². The van der Waals surface area contributed by atoms with E-state index in [2.05, 4.69) is 5.10 Å². The number of aromatic nitrogens is 2. The lowest BCUT2D eigenvalue weighted by molar-refractivity contribution is 0.112. The third-order valence-electron chi connectivity index (χ3n) is 2.86. The number of hydrogen-bond donors (Lipinski definition) is 0. The number of carbonyl (C=O) groups excluding carboxylic acids is 1. The number of aldehydes is 1. The Labute approximate surface area is 102 Å². The molecule has 0 unspecified atom stereocenters. The SMILES string of the molecule is Cc1nn(CCS(=O)(=O)C(C)C)c(C)c1C=O. The van der Waals surface area contributed by atoms with Crippen LogP contribution in [0.4, 0.5) is 0 Å². The van der Waals surface area contributed by atoms with Crippen LogP contribution in [0.25, 0.3) is 0 Å². The maximum Gasteiger partial charge on any atom is 0.154 e. The highest BCUT2D eigenvalue weighted by atomic mass is 32.2. The first-order valence-corrected chi connectivity index (χ1v) is 7.22. The lowest BCUT2D eigenvalue weighted by atomic mass is 10.2. The fraction of sp³-hybridized carbons (Fsp3) is 0.636. The number of rotatable bonds is 5. The van der Waals surface area contributed by atoms with Crippen LogP contribution in [0.1, 0.15) is 35.6 Å². The van der Waals surface area contributed by atoms with Crippen LogP contribution >= 0.6 is 0 Å². The van der Waals surface area contributed by atoms with E-state index in [0.717, 1.165) is 12.0 Å². The molecule has 1 rings (SSSR count). The highest BCUT2D eigenvalue weighted by Gasteiger charge is 2.18. The first kappa shape index (κ1) is 13.9.